The number of hydrogen-bond acceptors (Lipinski definition) is 0. The average molecular weight is 327 g/mol. The summed E-state index contributed by atoms with van der Waals surface area (Å²) in [6.45, 7) is 0. The molecular formula is C18H15BrO. The van der Waals surface area contributed by atoms with E-state index in [2.05, 4.69) is 40.8 Å². The molecule has 3 rings (SSSR count). The third-order valence-corrected chi connectivity index (χ3v) is 2.94. The van der Waals surface area contributed by atoms with E-state index >= 15 is 0 Å². The van der Waals surface area contributed by atoms with Crippen molar-refractivity contribution in [2.75, 3.05) is 0 Å². The first kappa shape index (κ1) is 14.4. The largest absolute Gasteiger partial charge is 1.00 e. The number of hydrogen-bond donors (Lipinski definition) is 0. The Hall–Kier alpha value is -2.06. The van der Waals surface area contributed by atoms with Crippen molar-refractivity contribution in [3.63, 3.8) is 0 Å². The number of halogens is 1. The van der Waals surface area contributed by atoms with Crippen molar-refractivity contribution < 1.29 is 21.3 Å². The first-order valence-corrected chi connectivity index (χ1v) is 6.34. The minimum absolute atomic E-state index is 0. The van der Waals surface area contributed by atoms with Gasteiger partial charge in [-0.05, 0) is 0 Å². The van der Waals surface area contributed by atoms with Crippen LogP contribution in [0.5, 0.6) is 17.2 Å². The second-order valence-corrected chi connectivity index (χ2v) is 4.25. The summed E-state index contributed by atoms with van der Waals surface area (Å²) in [7, 11) is 0. The molecule has 0 N–H and O–H groups in total. The molecule has 0 amide bonds. The molecule has 0 aliphatic rings. The van der Waals surface area contributed by atoms with Crippen molar-refractivity contribution >= 4 is 0 Å². The number of para-hydroxylation sites is 3. The molecule has 0 fully saturated rings. The fourth-order valence-corrected chi connectivity index (χ4v) is 2.08. The van der Waals surface area contributed by atoms with Gasteiger partial charge in [0.05, 0.1) is 0 Å². The van der Waals surface area contributed by atoms with Crippen LogP contribution < -0.4 is 21.3 Å². The number of rotatable bonds is 3. The fourth-order valence-electron chi connectivity index (χ4n) is 2.08. The Kier molecular flexibility index (Phi) is 4.97. The summed E-state index contributed by atoms with van der Waals surface area (Å²) in [5, 5.41) is 0. The highest BCUT2D eigenvalue weighted by Crippen LogP contribution is 2.38. The van der Waals surface area contributed by atoms with Gasteiger partial charge in [-0.2, -0.15) is 0 Å². The Morgan fingerprint density at radius 3 is 0.900 bits per heavy atom. The molecule has 0 spiro atoms. The third kappa shape index (κ3) is 3.09. The molecule has 0 bridgehead atoms. The lowest BCUT2D eigenvalue weighted by Crippen LogP contribution is -3.00. The van der Waals surface area contributed by atoms with Gasteiger partial charge in [0.2, 0.25) is 0 Å². The molecular weight excluding hydrogens is 312 g/mol. The van der Waals surface area contributed by atoms with Crippen LogP contribution in [0.25, 0.3) is 0 Å². The molecule has 2 heteroatoms. The van der Waals surface area contributed by atoms with Gasteiger partial charge in [0.15, 0.2) is 0 Å². The van der Waals surface area contributed by atoms with E-state index in [0.29, 0.717) is 0 Å². The van der Waals surface area contributed by atoms with E-state index in [1.165, 1.54) is 0 Å². The normalized spacial score (nSPS) is 9.60. The van der Waals surface area contributed by atoms with Gasteiger partial charge in [0.1, 0.15) is 0 Å². The molecule has 0 aromatic heterocycles. The van der Waals surface area contributed by atoms with Crippen LogP contribution in [-0.2, 0) is 0 Å². The molecule has 1 nitrogen and oxygen atoms in total. The van der Waals surface area contributed by atoms with E-state index in [1.54, 1.807) is 0 Å². The van der Waals surface area contributed by atoms with Crippen molar-refractivity contribution in [3.05, 3.63) is 91.0 Å². The van der Waals surface area contributed by atoms with E-state index in [-0.39, 0.29) is 17.0 Å². The Labute approximate surface area is 129 Å². The quantitative estimate of drug-likeness (QED) is 0.650. The molecule has 100 valence electrons. The maximum Gasteiger partial charge on any atom is 0.267 e. The molecule has 0 unspecified atom stereocenters. The van der Waals surface area contributed by atoms with Gasteiger partial charge in [-0.1, -0.05) is 54.6 Å². The molecule has 3 aromatic carbocycles. The molecule has 0 heterocycles. The lowest BCUT2D eigenvalue weighted by atomic mass is 10.3. The Bertz CT molecular complexity index is 529. The van der Waals surface area contributed by atoms with Crippen LogP contribution in [0.1, 0.15) is 0 Å². The van der Waals surface area contributed by atoms with E-state index in [4.69, 9.17) is 0 Å². The molecule has 0 radical (unpaired) electrons. The molecule has 0 saturated heterocycles. The zero-order valence-corrected chi connectivity index (χ0v) is 12.5. The monoisotopic (exact) mass is 326 g/mol. The first-order chi connectivity index (χ1) is 9.45. The van der Waals surface area contributed by atoms with Gasteiger partial charge in [-0.3, -0.25) is 0 Å². The maximum atomic E-state index is 3.22. The van der Waals surface area contributed by atoms with Crippen molar-refractivity contribution in [3.8, 4) is 17.2 Å². The minimum atomic E-state index is 0. The van der Waals surface area contributed by atoms with Crippen LogP contribution in [0.2, 0.25) is 0 Å². The summed E-state index contributed by atoms with van der Waals surface area (Å²) in [4.78, 5) is 0. The average Bonchev–Trinajstić information content (AvgIpc) is 2.51. The van der Waals surface area contributed by atoms with E-state index in [0.717, 1.165) is 17.2 Å². The highest BCUT2D eigenvalue weighted by Gasteiger charge is 2.18. The summed E-state index contributed by atoms with van der Waals surface area (Å²) in [6, 6.07) is 30.9. The predicted molar refractivity (Wildman–Crippen MR) is 78.8 cm³/mol. The predicted octanol–water partition coefficient (Wildman–Crippen LogP) is 2.43. The van der Waals surface area contributed by atoms with E-state index in [1.807, 2.05) is 54.6 Å². The van der Waals surface area contributed by atoms with Crippen LogP contribution in [0.15, 0.2) is 91.0 Å². The molecule has 20 heavy (non-hydrogen) atoms. The third-order valence-electron chi connectivity index (χ3n) is 2.94. The second-order valence-electron chi connectivity index (χ2n) is 4.25. The molecule has 0 atom stereocenters. The molecule has 3 aromatic rings. The second kappa shape index (κ2) is 6.92. The minimum Gasteiger partial charge on any atom is -1.00 e. The zero-order valence-electron chi connectivity index (χ0n) is 10.9. The standard InChI is InChI=1S/C18H15O.BrH/c1-4-10-16(11-5-1)19(17-12-6-2-7-13-17)18-14-8-3-9-15-18;/h1-15H;1H/q+1;/p-1. The zero-order chi connectivity index (χ0) is 12.9. The van der Waals surface area contributed by atoms with E-state index < -0.39 is 0 Å². The van der Waals surface area contributed by atoms with Crippen LogP contribution >= 0.6 is 0 Å². The lowest BCUT2D eigenvalue weighted by molar-refractivity contribution is -0.00000431. The summed E-state index contributed by atoms with van der Waals surface area (Å²) >= 11 is 0. The van der Waals surface area contributed by atoms with Crippen molar-refractivity contribution in [1.29, 1.82) is 0 Å². The summed E-state index contributed by atoms with van der Waals surface area (Å²) < 4.78 is 3.22. The van der Waals surface area contributed by atoms with Gasteiger partial charge in [0, 0.05) is 36.4 Å². The summed E-state index contributed by atoms with van der Waals surface area (Å²) in [5.41, 5.74) is 0. The van der Waals surface area contributed by atoms with Crippen LogP contribution in [0.4, 0.5) is 0 Å². The topological polar surface area (TPSA) is 2.70 Å². The Balaban J connectivity index is 0.00000147. The lowest BCUT2D eigenvalue weighted by Gasteiger charge is -2.21. The Morgan fingerprint density at radius 2 is 0.650 bits per heavy atom. The fraction of sp³-hybridized carbons (Fsp3) is 0. The molecule has 0 saturated carbocycles. The van der Waals surface area contributed by atoms with Gasteiger partial charge in [-0.15, -0.1) is 0 Å². The molecule has 0 aliphatic heterocycles. The van der Waals surface area contributed by atoms with Crippen LogP contribution in [0, 0.1) is 0 Å². The van der Waals surface area contributed by atoms with Crippen LogP contribution in [0.3, 0.4) is 0 Å². The maximum absolute atomic E-state index is 3.22. The smallest absolute Gasteiger partial charge is 0.267 e. The first-order valence-electron chi connectivity index (χ1n) is 6.34. The van der Waals surface area contributed by atoms with Gasteiger partial charge in [0.25, 0.3) is 17.2 Å². The Morgan fingerprint density at radius 1 is 0.400 bits per heavy atom. The number of benzene rings is 3. The highest BCUT2D eigenvalue weighted by atomic mass is 79.9. The van der Waals surface area contributed by atoms with Gasteiger partial charge >= 0.3 is 0 Å². The van der Waals surface area contributed by atoms with Crippen molar-refractivity contribution in [2.45, 2.75) is 0 Å². The van der Waals surface area contributed by atoms with E-state index in [9.17, 15) is 0 Å². The summed E-state index contributed by atoms with van der Waals surface area (Å²) in [6.07, 6.45) is 0. The van der Waals surface area contributed by atoms with Crippen molar-refractivity contribution in [1.82, 2.24) is 0 Å². The van der Waals surface area contributed by atoms with Crippen molar-refractivity contribution in [2.24, 2.45) is 0 Å². The SMILES string of the molecule is [Br-].c1ccc([O+](c2ccccc2)c2ccccc2)cc1. The molecule has 0 aliphatic carbocycles. The van der Waals surface area contributed by atoms with Crippen LogP contribution in [-0.4, -0.2) is 0 Å². The summed E-state index contributed by atoms with van der Waals surface area (Å²) in [5.74, 6) is 3.25. The highest BCUT2D eigenvalue weighted by molar-refractivity contribution is 5.42. The van der Waals surface area contributed by atoms with Gasteiger partial charge < -0.3 is 21.3 Å². The van der Waals surface area contributed by atoms with Gasteiger partial charge in [-0.25, -0.2) is 0 Å².